The number of hydrogen-bond donors (Lipinski definition) is 1. The molecule has 0 spiro atoms. The molecule has 25 heavy (non-hydrogen) atoms. The quantitative estimate of drug-likeness (QED) is 0.727. The molecular weight excluding hydrogens is 348 g/mol. The molecule has 1 aromatic carbocycles. The van der Waals surface area contributed by atoms with Crippen molar-refractivity contribution in [2.75, 3.05) is 13.1 Å². The van der Waals surface area contributed by atoms with Crippen LogP contribution >= 0.6 is 22.7 Å². The van der Waals surface area contributed by atoms with Gasteiger partial charge in [0.15, 0.2) is 0 Å². The lowest BCUT2D eigenvalue weighted by Gasteiger charge is -2.35. The summed E-state index contributed by atoms with van der Waals surface area (Å²) in [5.74, 6) is 0.0210. The van der Waals surface area contributed by atoms with E-state index in [1.165, 1.54) is 28.0 Å². The Bertz CT molecular complexity index is 827. The third-order valence-corrected chi connectivity index (χ3v) is 6.30. The Kier molecular flexibility index (Phi) is 4.97. The molecule has 128 valence electrons. The highest BCUT2D eigenvalue weighted by molar-refractivity contribution is 7.12. The van der Waals surface area contributed by atoms with Gasteiger partial charge in [-0.25, -0.2) is 0 Å². The van der Waals surface area contributed by atoms with E-state index < -0.39 is 0 Å². The summed E-state index contributed by atoms with van der Waals surface area (Å²) < 4.78 is 0. The van der Waals surface area contributed by atoms with Crippen molar-refractivity contribution in [2.24, 2.45) is 0 Å². The van der Waals surface area contributed by atoms with Crippen LogP contribution < -0.4 is 5.32 Å². The highest BCUT2D eigenvalue weighted by Crippen LogP contribution is 2.28. The van der Waals surface area contributed by atoms with Crippen molar-refractivity contribution in [2.45, 2.75) is 19.0 Å². The second-order valence-corrected chi connectivity index (χ2v) is 7.98. The number of amides is 1. The third kappa shape index (κ3) is 3.68. The number of thiophene rings is 2. The van der Waals surface area contributed by atoms with E-state index in [-0.39, 0.29) is 11.9 Å². The first-order valence-electron chi connectivity index (χ1n) is 8.46. The number of fused-ring (bicyclic) bond motifs is 1. The van der Waals surface area contributed by atoms with Gasteiger partial charge >= 0.3 is 0 Å². The fraction of sp³-hybridized carbons (Fsp3) is 0.250. The molecule has 3 heterocycles. The Hall–Kier alpha value is -1.95. The fourth-order valence-corrected chi connectivity index (χ4v) is 4.74. The van der Waals surface area contributed by atoms with Crippen LogP contribution in [0.3, 0.4) is 0 Å². The number of nitrogens with one attached hydrogen (secondary N) is 1. The second kappa shape index (κ2) is 7.52. The number of carbonyl (C=O) groups excluding carboxylic acids is 1. The van der Waals surface area contributed by atoms with Gasteiger partial charge in [-0.05, 0) is 51.4 Å². The van der Waals surface area contributed by atoms with Gasteiger partial charge in [0.05, 0.1) is 10.9 Å². The summed E-state index contributed by atoms with van der Waals surface area (Å²) in [5.41, 5.74) is 4.14. The SMILES string of the molecule is O=C(NCC(c1ccsc1)N1CCc2ccccc2C1)c1cccs1. The van der Waals surface area contributed by atoms with Gasteiger partial charge in [-0.3, -0.25) is 9.69 Å². The predicted octanol–water partition coefficient (Wildman–Crippen LogP) is 4.34. The zero-order valence-electron chi connectivity index (χ0n) is 13.9. The van der Waals surface area contributed by atoms with E-state index in [0.29, 0.717) is 6.54 Å². The molecule has 5 heteroatoms. The first-order chi connectivity index (χ1) is 12.3. The molecule has 1 atom stereocenters. The van der Waals surface area contributed by atoms with Crippen LogP contribution in [0.1, 0.15) is 32.4 Å². The van der Waals surface area contributed by atoms with Crippen LogP contribution in [0.2, 0.25) is 0 Å². The van der Waals surface area contributed by atoms with Crippen molar-refractivity contribution in [3.8, 4) is 0 Å². The van der Waals surface area contributed by atoms with E-state index in [2.05, 4.69) is 51.3 Å². The van der Waals surface area contributed by atoms with Crippen LogP contribution in [0.5, 0.6) is 0 Å². The Balaban J connectivity index is 1.50. The van der Waals surface area contributed by atoms with Gasteiger partial charge in [0.25, 0.3) is 5.91 Å². The zero-order chi connectivity index (χ0) is 17.1. The molecule has 0 radical (unpaired) electrons. The Morgan fingerprint density at radius 1 is 1.12 bits per heavy atom. The van der Waals surface area contributed by atoms with E-state index in [4.69, 9.17) is 0 Å². The molecule has 0 saturated carbocycles. The number of rotatable bonds is 5. The van der Waals surface area contributed by atoms with E-state index in [1.54, 1.807) is 11.3 Å². The molecule has 3 nitrogen and oxygen atoms in total. The molecule has 4 rings (SSSR count). The summed E-state index contributed by atoms with van der Waals surface area (Å²) in [6, 6.07) is 14.8. The van der Waals surface area contributed by atoms with Crippen LogP contribution in [-0.2, 0) is 13.0 Å². The van der Waals surface area contributed by atoms with Crippen molar-refractivity contribution in [1.82, 2.24) is 10.2 Å². The van der Waals surface area contributed by atoms with Gasteiger partial charge in [-0.2, -0.15) is 11.3 Å². The molecule has 0 aliphatic carbocycles. The normalized spacial score (nSPS) is 15.5. The van der Waals surface area contributed by atoms with E-state index in [1.807, 2.05) is 17.5 Å². The van der Waals surface area contributed by atoms with Gasteiger partial charge in [0, 0.05) is 19.6 Å². The summed E-state index contributed by atoms with van der Waals surface area (Å²) in [6.45, 7) is 2.59. The summed E-state index contributed by atoms with van der Waals surface area (Å²) in [5, 5.41) is 9.38. The first-order valence-corrected chi connectivity index (χ1v) is 10.3. The number of carbonyl (C=O) groups is 1. The monoisotopic (exact) mass is 368 g/mol. The molecular formula is C20H20N2OS2. The lowest BCUT2D eigenvalue weighted by molar-refractivity contribution is 0.0932. The molecule has 1 aliphatic rings. The topological polar surface area (TPSA) is 32.3 Å². The lowest BCUT2D eigenvalue weighted by atomic mass is 9.97. The minimum absolute atomic E-state index is 0.0210. The third-order valence-electron chi connectivity index (χ3n) is 4.73. The maximum absolute atomic E-state index is 12.3. The number of hydrogen-bond acceptors (Lipinski definition) is 4. The van der Waals surface area contributed by atoms with Crippen LogP contribution in [0.25, 0.3) is 0 Å². The van der Waals surface area contributed by atoms with Crippen molar-refractivity contribution >= 4 is 28.6 Å². The molecule has 1 N–H and O–H groups in total. The van der Waals surface area contributed by atoms with Gasteiger partial charge in [-0.15, -0.1) is 11.3 Å². The summed E-state index contributed by atoms with van der Waals surface area (Å²) in [6.07, 6.45) is 1.07. The van der Waals surface area contributed by atoms with Crippen molar-refractivity contribution in [3.63, 3.8) is 0 Å². The zero-order valence-corrected chi connectivity index (χ0v) is 15.5. The Morgan fingerprint density at radius 3 is 2.76 bits per heavy atom. The van der Waals surface area contributed by atoms with Crippen molar-refractivity contribution in [3.05, 3.63) is 80.2 Å². The average molecular weight is 369 g/mol. The fourth-order valence-electron chi connectivity index (χ4n) is 3.39. The standard InChI is InChI=1S/C20H20N2OS2/c23-20(19-6-3-10-25-19)21-12-18(17-8-11-24-14-17)22-9-7-15-4-1-2-5-16(15)13-22/h1-6,8,10-11,14,18H,7,9,12-13H2,(H,21,23). The predicted molar refractivity (Wildman–Crippen MR) is 104 cm³/mol. The Labute approximate surface area is 155 Å². The molecule has 1 unspecified atom stereocenters. The van der Waals surface area contributed by atoms with Crippen molar-refractivity contribution in [1.29, 1.82) is 0 Å². The maximum Gasteiger partial charge on any atom is 0.261 e. The molecule has 0 saturated heterocycles. The Morgan fingerprint density at radius 2 is 2.00 bits per heavy atom. The number of benzene rings is 1. The smallest absolute Gasteiger partial charge is 0.261 e. The van der Waals surface area contributed by atoms with E-state index >= 15 is 0 Å². The largest absolute Gasteiger partial charge is 0.349 e. The molecule has 3 aromatic rings. The van der Waals surface area contributed by atoms with Crippen LogP contribution in [0.15, 0.2) is 58.6 Å². The summed E-state index contributed by atoms with van der Waals surface area (Å²) in [7, 11) is 0. The van der Waals surface area contributed by atoms with Gasteiger partial charge in [-0.1, -0.05) is 30.3 Å². The first kappa shape index (κ1) is 16.5. The average Bonchev–Trinajstić information content (AvgIpc) is 3.35. The maximum atomic E-state index is 12.3. The second-order valence-electron chi connectivity index (χ2n) is 6.25. The van der Waals surface area contributed by atoms with Crippen LogP contribution in [0.4, 0.5) is 0 Å². The molecule has 1 aliphatic heterocycles. The molecule has 0 bridgehead atoms. The van der Waals surface area contributed by atoms with Crippen LogP contribution in [0, 0.1) is 0 Å². The summed E-state index contributed by atoms with van der Waals surface area (Å²) in [4.78, 5) is 15.6. The highest BCUT2D eigenvalue weighted by atomic mass is 32.1. The molecule has 2 aromatic heterocycles. The minimum Gasteiger partial charge on any atom is -0.349 e. The lowest BCUT2D eigenvalue weighted by Crippen LogP contribution is -2.40. The molecule has 0 fully saturated rings. The van der Waals surface area contributed by atoms with E-state index in [0.717, 1.165) is 24.4 Å². The van der Waals surface area contributed by atoms with Gasteiger partial charge in [0.2, 0.25) is 0 Å². The van der Waals surface area contributed by atoms with Crippen molar-refractivity contribution < 1.29 is 4.79 Å². The minimum atomic E-state index is 0.0210. The van der Waals surface area contributed by atoms with Crippen LogP contribution in [-0.4, -0.2) is 23.9 Å². The van der Waals surface area contributed by atoms with E-state index in [9.17, 15) is 4.79 Å². The summed E-state index contributed by atoms with van der Waals surface area (Å²) >= 11 is 3.20. The van der Waals surface area contributed by atoms with Gasteiger partial charge in [0.1, 0.15) is 0 Å². The van der Waals surface area contributed by atoms with Gasteiger partial charge < -0.3 is 5.32 Å². The highest BCUT2D eigenvalue weighted by Gasteiger charge is 2.25. The molecule has 1 amide bonds. The number of nitrogens with zero attached hydrogens (tertiary/aromatic N) is 1.